The zero-order chi connectivity index (χ0) is 25.1. The molecule has 2 fully saturated rings. The number of nitrogens with zero attached hydrogens (tertiary/aromatic N) is 5. The van der Waals surface area contributed by atoms with Crippen LogP contribution in [0.5, 0.6) is 0 Å². The number of halogens is 2. The molecule has 2 saturated heterocycles. The van der Waals surface area contributed by atoms with E-state index in [9.17, 15) is 14.9 Å². The van der Waals surface area contributed by atoms with E-state index in [4.69, 9.17) is 28.9 Å². The van der Waals surface area contributed by atoms with Gasteiger partial charge in [0.25, 0.3) is 5.69 Å². The molecule has 1 aromatic heterocycles. The summed E-state index contributed by atoms with van der Waals surface area (Å²) in [5.41, 5.74) is 6.85. The van der Waals surface area contributed by atoms with Gasteiger partial charge < -0.3 is 10.6 Å². The number of piperidine rings is 1. The molecule has 188 valence electrons. The first-order valence-corrected chi connectivity index (χ1v) is 12.6. The van der Waals surface area contributed by atoms with Gasteiger partial charge in [-0.25, -0.2) is 4.98 Å². The number of pyridine rings is 1. The monoisotopic (exact) mass is 520 g/mol. The summed E-state index contributed by atoms with van der Waals surface area (Å²) < 4.78 is 0. The van der Waals surface area contributed by atoms with Gasteiger partial charge in [0.15, 0.2) is 0 Å². The minimum Gasteiger partial charge on any atom is -0.366 e. The molecule has 2 aromatic rings. The molecule has 0 unspecified atom stereocenters. The van der Waals surface area contributed by atoms with Crippen LogP contribution in [-0.4, -0.2) is 70.4 Å². The van der Waals surface area contributed by atoms with Crippen LogP contribution in [0.25, 0.3) is 0 Å². The van der Waals surface area contributed by atoms with Crippen LogP contribution in [0.15, 0.2) is 30.5 Å². The van der Waals surface area contributed by atoms with E-state index in [0.29, 0.717) is 40.1 Å². The van der Waals surface area contributed by atoms with E-state index >= 15 is 0 Å². The summed E-state index contributed by atoms with van der Waals surface area (Å²) >= 11 is 12.4. The molecule has 1 amide bonds. The van der Waals surface area contributed by atoms with E-state index in [-0.39, 0.29) is 5.69 Å². The van der Waals surface area contributed by atoms with Crippen LogP contribution in [0.3, 0.4) is 0 Å². The molecule has 0 radical (unpaired) electrons. The van der Waals surface area contributed by atoms with E-state index in [2.05, 4.69) is 26.6 Å². The first kappa shape index (κ1) is 25.6. The highest BCUT2D eigenvalue weighted by Crippen LogP contribution is 2.31. The van der Waals surface area contributed by atoms with Crippen molar-refractivity contribution in [1.29, 1.82) is 0 Å². The van der Waals surface area contributed by atoms with Crippen molar-refractivity contribution in [3.8, 4) is 0 Å². The van der Waals surface area contributed by atoms with E-state index in [1.807, 2.05) is 6.07 Å². The minimum atomic E-state index is -0.483. The van der Waals surface area contributed by atoms with Crippen molar-refractivity contribution in [3.63, 3.8) is 0 Å². The zero-order valence-corrected chi connectivity index (χ0v) is 21.2. The molecule has 0 aliphatic carbocycles. The summed E-state index contributed by atoms with van der Waals surface area (Å²) in [6.45, 7) is 7.20. The van der Waals surface area contributed by atoms with E-state index in [0.717, 1.165) is 57.5 Å². The van der Waals surface area contributed by atoms with E-state index < -0.39 is 10.8 Å². The lowest BCUT2D eigenvalue weighted by Gasteiger charge is -2.47. The van der Waals surface area contributed by atoms with Crippen molar-refractivity contribution >= 4 is 40.6 Å². The van der Waals surface area contributed by atoms with Crippen molar-refractivity contribution in [2.24, 2.45) is 5.73 Å². The van der Waals surface area contributed by atoms with Gasteiger partial charge in [-0.05, 0) is 50.0 Å². The van der Waals surface area contributed by atoms with Gasteiger partial charge in [-0.1, -0.05) is 36.2 Å². The van der Waals surface area contributed by atoms with Crippen molar-refractivity contribution < 1.29 is 9.72 Å². The molecule has 4 rings (SSSR count). The average molecular weight is 521 g/mol. The number of nitro groups is 1. The summed E-state index contributed by atoms with van der Waals surface area (Å²) in [5.74, 6) is 0.155. The van der Waals surface area contributed by atoms with E-state index in [1.165, 1.54) is 12.3 Å². The number of aromatic nitrogens is 1. The van der Waals surface area contributed by atoms with Crippen molar-refractivity contribution in [2.75, 3.05) is 37.6 Å². The van der Waals surface area contributed by atoms with Crippen molar-refractivity contribution in [1.82, 2.24) is 14.8 Å². The molecule has 2 aliphatic rings. The Morgan fingerprint density at radius 1 is 1.20 bits per heavy atom. The number of likely N-dealkylation sites (tertiary alicyclic amines) is 1. The SMILES string of the molecule is CC[C@H]1CN(c2ncc([N+](=O)[O-])cc2Cl)CCN1C1CCN(Cc2ccc(Cl)cc2C(N)=O)CC1. The number of piperazine rings is 1. The third kappa shape index (κ3) is 5.86. The topological polar surface area (TPSA) is 109 Å². The Balaban J connectivity index is 1.36. The molecule has 1 aromatic carbocycles. The molecule has 0 bridgehead atoms. The van der Waals surface area contributed by atoms with Gasteiger partial charge >= 0.3 is 0 Å². The minimum absolute atomic E-state index is 0.0993. The number of carbonyl (C=O) groups excluding carboxylic acids is 1. The standard InChI is InChI=1S/C24H30Cl2N6O3/c1-2-18-15-30(24-22(26)12-20(13-28-24)32(34)35)9-10-31(18)19-5-7-29(8-6-19)14-16-3-4-17(25)11-21(16)23(27)33/h3-4,11-13,18-19H,2,5-10,14-15H2,1H3,(H2,27,33)/t18-/m0/s1. The van der Waals surface area contributed by atoms with Crippen LogP contribution < -0.4 is 10.6 Å². The number of rotatable bonds is 7. The second kappa shape index (κ2) is 11.1. The fourth-order valence-electron chi connectivity index (χ4n) is 5.23. The van der Waals surface area contributed by atoms with Gasteiger partial charge in [-0.3, -0.25) is 24.7 Å². The summed E-state index contributed by atoms with van der Waals surface area (Å²) in [6.07, 6.45) is 4.36. The first-order valence-electron chi connectivity index (χ1n) is 11.9. The number of anilines is 1. The number of nitrogens with two attached hydrogens (primary N) is 1. The van der Waals surface area contributed by atoms with Crippen LogP contribution in [-0.2, 0) is 6.54 Å². The van der Waals surface area contributed by atoms with Gasteiger partial charge in [-0.2, -0.15) is 0 Å². The highest BCUT2D eigenvalue weighted by Gasteiger charge is 2.34. The summed E-state index contributed by atoms with van der Waals surface area (Å²) in [6, 6.07) is 7.54. The Bertz CT molecular complexity index is 1090. The normalized spacial score (nSPS) is 20.2. The third-order valence-corrected chi connectivity index (χ3v) is 7.59. The van der Waals surface area contributed by atoms with Crippen LogP contribution in [0, 0.1) is 10.1 Å². The molecule has 2 aliphatic heterocycles. The smallest absolute Gasteiger partial charge is 0.289 e. The Hall–Kier alpha value is -2.46. The number of primary amides is 1. The largest absolute Gasteiger partial charge is 0.366 e. The van der Waals surface area contributed by atoms with Crippen LogP contribution in [0.2, 0.25) is 10.0 Å². The highest BCUT2D eigenvalue weighted by atomic mass is 35.5. The van der Waals surface area contributed by atoms with Crippen LogP contribution in [0.4, 0.5) is 11.5 Å². The predicted molar refractivity (Wildman–Crippen MR) is 137 cm³/mol. The maximum atomic E-state index is 11.8. The molecule has 0 spiro atoms. The Kier molecular flexibility index (Phi) is 8.11. The Morgan fingerprint density at radius 2 is 1.94 bits per heavy atom. The fourth-order valence-corrected chi connectivity index (χ4v) is 5.68. The van der Waals surface area contributed by atoms with Crippen LogP contribution >= 0.6 is 23.2 Å². The number of benzene rings is 1. The highest BCUT2D eigenvalue weighted by molar-refractivity contribution is 6.33. The second-order valence-corrected chi connectivity index (χ2v) is 10.0. The summed E-state index contributed by atoms with van der Waals surface area (Å²) in [7, 11) is 0. The molecule has 11 heteroatoms. The zero-order valence-electron chi connectivity index (χ0n) is 19.7. The predicted octanol–water partition coefficient (Wildman–Crippen LogP) is 3.96. The lowest BCUT2D eigenvalue weighted by atomic mass is 9.97. The average Bonchev–Trinajstić information content (AvgIpc) is 2.85. The van der Waals surface area contributed by atoms with Gasteiger partial charge in [0.05, 0.1) is 9.95 Å². The molecular weight excluding hydrogens is 491 g/mol. The maximum absolute atomic E-state index is 11.8. The molecule has 1 atom stereocenters. The third-order valence-electron chi connectivity index (χ3n) is 7.07. The molecule has 3 heterocycles. The molecule has 9 nitrogen and oxygen atoms in total. The number of hydrogen-bond donors (Lipinski definition) is 1. The van der Waals surface area contributed by atoms with Crippen molar-refractivity contribution in [3.05, 3.63) is 61.7 Å². The van der Waals surface area contributed by atoms with Gasteiger partial charge in [0.1, 0.15) is 12.0 Å². The van der Waals surface area contributed by atoms with E-state index in [1.54, 1.807) is 12.1 Å². The lowest BCUT2D eigenvalue weighted by molar-refractivity contribution is -0.385. The summed E-state index contributed by atoms with van der Waals surface area (Å²) in [4.78, 5) is 33.7. The number of amides is 1. The quantitative estimate of drug-likeness (QED) is 0.434. The number of carbonyl (C=O) groups is 1. The van der Waals surface area contributed by atoms with Crippen molar-refractivity contribution in [2.45, 2.75) is 44.8 Å². The van der Waals surface area contributed by atoms with Crippen LogP contribution in [0.1, 0.15) is 42.1 Å². The fraction of sp³-hybridized carbons (Fsp3) is 0.500. The van der Waals surface area contributed by atoms with Gasteiger partial charge in [-0.15, -0.1) is 0 Å². The lowest BCUT2D eigenvalue weighted by Crippen LogP contribution is -2.58. The maximum Gasteiger partial charge on any atom is 0.289 e. The molecule has 0 saturated carbocycles. The molecule has 2 N–H and O–H groups in total. The molecule has 35 heavy (non-hydrogen) atoms. The Morgan fingerprint density at radius 3 is 2.57 bits per heavy atom. The van der Waals surface area contributed by atoms with Gasteiger partial charge in [0, 0.05) is 54.9 Å². The second-order valence-electron chi connectivity index (χ2n) is 9.18. The number of hydrogen-bond acceptors (Lipinski definition) is 7. The first-order chi connectivity index (χ1) is 16.8. The summed E-state index contributed by atoms with van der Waals surface area (Å²) in [5, 5.41) is 11.8. The molecular formula is C24H30Cl2N6O3. The van der Waals surface area contributed by atoms with Gasteiger partial charge in [0.2, 0.25) is 5.91 Å². The Labute approximate surface area is 214 Å².